The fourth-order valence-electron chi connectivity index (χ4n) is 6.71. The summed E-state index contributed by atoms with van der Waals surface area (Å²) < 4.78 is 24.9. The zero-order valence-electron chi connectivity index (χ0n) is 29.1. The number of nitrogens with zero attached hydrogens (tertiary/aromatic N) is 5. The maximum absolute atomic E-state index is 14.1. The minimum Gasteiger partial charge on any atom is -0.478 e. The number of benzene rings is 3. The second-order valence-electron chi connectivity index (χ2n) is 13.4. The first-order valence-electron chi connectivity index (χ1n) is 16.9. The maximum Gasteiger partial charge on any atom is 0.347 e. The molecule has 3 aliphatic rings. The number of amidine groups is 1. The van der Waals surface area contributed by atoms with Gasteiger partial charge in [0.1, 0.15) is 17.6 Å². The number of hydrogen-bond donors (Lipinski definition) is 2. The minimum atomic E-state index is -1.35. The van der Waals surface area contributed by atoms with Crippen LogP contribution >= 0.6 is 22.9 Å². The van der Waals surface area contributed by atoms with Crippen LogP contribution in [0, 0.1) is 5.82 Å². The van der Waals surface area contributed by atoms with E-state index in [4.69, 9.17) is 26.1 Å². The summed E-state index contributed by atoms with van der Waals surface area (Å²) in [6, 6.07) is 17.9. The number of fused-ring (bicyclic) bond motifs is 1. The van der Waals surface area contributed by atoms with Crippen molar-refractivity contribution in [1.82, 2.24) is 20.1 Å². The average Bonchev–Trinajstić information content (AvgIpc) is 3.80. The van der Waals surface area contributed by atoms with E-state index in [-0.39, 0.29) is 22.7 Å². The molecule has 0 spiro atoms. The van der Waals surface area contributed by atoms with Crippen molar-refractivity contribution in [1.29, 1.82) is 0 Å². The molecule has 3 aliphatic heterocycles. The van der Waals surface area contributed by atoms with Crippen molar-refractivity contribution in [2.75, 3.05) is 44.7 Å². The topological polar surface area (TPSA) is 137 Å². The number of rotatable bonds is 10. The normalized spacial score (nSPS) is 19.1. The second kappa shape index (κ2) is 14.6. The van der Waals surface area contributed by atoms with E-state index in [0.29, 0.717) is 60.6 Å². The average molecular weight is 759 g/mol. The number of anilines is 1. The molecule has 0 unspecified atom stereocenters. The SMILES string of the molecule is COC(=O)C1=C(CN2CCN3C(=O)N(c4ccc(-c5ccc(OC(C)(C)C(=O)O)cc5)cc4)C[C@@H]3C2)NC(c2nccs2)=N[C@H]1c1ccc(F)cc1Cl. The van der Waals surface area contributed by atoms with Crippen molar-refractivity contribution in [3.8, 4) is 16.9 Å². The molecular formula is C38H36ClFN6O6S. The Morgan fingerprint density at radius 2 is 1.77 bits per heavy atom. The number of amides is 2. The fourth-order valence-corrected chi connectivity index (χ4v) is 7.57. The van der Waals surface area contributed by atoms with Gasteiger partial charge in [-0.2, -0.15) is 0 Å². The molecule has 1 aromatic heterocycles. The molecular weight excluding hydrogens is 723 g/mol. The highest BCUT2D eigenvalue weighted by Crippen LogP contribution is 2.37. The Labute approximate surface area is 314 Å². The van der Waals surface area contributed by atoms with Gasteiger partial charge in [-0.25, -0.2) is 23.8 Å². The van der Waals surface area contributed by atoms with Gasteiger partial charge in [0.2, 0.25) is 0 Å². The molecule has 15 heteroatoms. The van der Waals surface area contributed by atoms with Gasteiger partial charge < -0.3 is 24.8 Å². The number of carbonyl (C=O) groups is 3. The highest BCUT2D eigenvalue weighted by atomic mass is 35.5. The van der Waals surface area contributed by atoms with E-state index >= 15 is 0 Å². The van der Waals surface area contributed by atoms with Gasteiger partial charge in [-0.3, -0.25) is 14.8 Å². The Morgan fingerprint density at radius 3 is 2.42 bits per heavy atom. The van der Waals surface area contributed by atoms with Gasteiger partial charge >= 0.3 is 18.0 Å². The quantitative estimate of drug-likeness (QED) is 0.187. The summed E-state index contributed by atoms with van der Waals surface area (Å²) in [4.78, 5) is 53.5. The number of hydrogen-bond acceptors (Lipinski definition) is 10. The van der Waals surface area contributed by atoms with Crippen molar-refractivity contribution in [3.63, 3.8) is 0 Å². The van der Waals surface area contributed by atoms with Crippen LogP contribution < -0.4 is 15.0 Å². The lowest BCUT2D eigenvalue weighted by Gasteiger charge is -2.38. The lowest BCUT2D eigenvalue weighted by molar-refractivity contribution is -0.152. The van der Waals surface area contributed by atoms with E-state index in [1.54, 1.807) is 23.2 Å². The second-order valence-corrected chi connectivity index (χ2v) is 14.7. The Kier molecular flexibility index (Phi) is 9.94. The van der Waals surface area contributed by atoms with Crippen LogP contribution in [0.3, 0.4) is 0 Å². The zero-order chi connectivity index (χ0) is 37.4. The summed E-state index contributed by atoms with van der Waals surface area (Å²) in [7, 11) is 1.30. The summed E-state index contributed by atoms with van der Waals surface area (Å²) in [5, 5.41) is 15.3. The third-order valence-electron chi connectivity index (χ3n) is 9.50. The molecule has 2 N–H and O–H groups in total. The third kappa shape index (κ3) is 7.34. The Bertz CT molecular complexity index is 2110. The van der Waals surface area contributed by atoms with E-state index in [0.717, 1.165) is 16.8 Å². The minimum absolute atomic E-state index is 0.0700. The van der Waals surface area contributed by atoms with Crippen LogP contribution in [0.15, 0.2) is 94.6 Å². The number of methoxy groups -OCH3 is 1. The third-order valence-corrected chi connectivity index (χ3v) is 10.6. The number of halogens is 2. The summed E-state index contributed by atoms with van der Waals surface area (Å²) >= 11 is 7.90. The van der Waals surface area contributed by atoms with E-state index in [1.807, 2.05) is 46.7 Å². The van der Waals surface area contributed by atoms with Crippen molar-refractivity contribution in [2.24, 2.45) is 4.99 Å². The van der Waals surface area contributed by atoms with Crippen LogP contribution in [-0.2, 0) is 14.3 Å². The first kappa shape index (κ1) is 36.1. The van der Waals surface area contributed by atoms with Gasteiger partial charge in [-0.05, 0) is 61.4 Å². The number of piperazine rings is 1. The lowest BCUT2D eigenvalue weighted by Crippen LogP contribution is -2.53. The number of thiazole rings is 1. The zero-order valence-corrected chi connectivity index (χ0v) is 30.7. The smallest absolute Gasteiger partial charge is 0.347 e. The van der Waals surface area contributed by atoms with Gasteiger partial charge in [-0.15, -0.1) is 11.3 Å². The van der Waals surface area contributed by atoms with E-state index in [9.17, 15) is 23.9 Å². The van der Waals surface area contributed by atoms with Crippen LogP contribution in [0.1, 0.15) is 30.5 Å². The number of ether oxygens (including phenoxy) is 2. The number of carboxylic acids is 1. The molecule has 0 radical (unpaired) electrons. The predicted octanol–water partition coefficient (Wildman–Crippen LogP) is 5.99. The van der Waals surface area contributed by atoms with Crippen molar-refractivity contribution >= 4 is 52.4 Å². The van der Waals surface area contributed by atoms with Gasteiger partial charge in [0.05, 0.1) is 18.7 Å². The number of esters is 1. The molecule has 0 aliphatic carbocycles. The number of urea groups is 1. The molecule has 2 fully saturated rings. The van der Waals surface area contributed by atoms with E-state index in [2.05, 4.69) is 15.2 Å². The Hall–Kier alpha value is -5.31. The van der Waals surface area contributed by atoms with Crippen LogP contribution in [0.4, 0.5) is 14.9 Å². The number of aliphatic imine (C=N–C) groups is 1. The lowest BCUT2D eigenvalue weighted by atomic mass is 9.95. The number of nitrogens with one attached hydrogen (secondary N) is 1. The Balaban J connectivity index is 1.08. The number of carbonyl (C=O) groups excluding carboxylic acids is 2. The van der Waals surface area contributed by atoms with Crippen molar-refractivity contribution < 1.29 is 33.4 Å². The Morgan fingerprint density at radius 1 is 1.06 bits per heavy atom. The predicted molar refractivity (Wildman–Crippen MR) is 199 cm³/mol. The first-order chi connectivity index (χ1) is 25.4. The van der Waals surface area contributed by atoms with Gasteiger partial charge in [0.25, 0.3) is 0 Å². The molecule has 0 saturated carbocycles. The highest BCUT2D eigenvalue weighted by molar-refractivity contribution is 7.11. The largest absolute Gasteiger partial charge is 0.478 e. The molecule has 4 heterocycles. The van der Waals surface area contributed by atoms with Crippen LogP contribution in [0.25, 0.3) is 11.1 Å². The maximum atomic E-state index is 14.1. The van der Waals surface area contributed by atoms with Gasteiger partial charge in [0, 0.05) is 66.3 Å². The van der Waals surface area contributed by atoms with E-state index < -0.39 is 29.4 Å². The van der Waals surface area contributed by atoms with Crippen LogP contribution in [-0.4, -0.2) is 95.2 Å². The molecule has 3 aromatic carbocycles. The van der Waals surface area contributed by atoms with Gasteiger partial charge in [0.15, 0.2) is 16.4 Å². The summed E-state index contributed by atoms with van der Waals surface area (Å²) in [6.45, 7) is 5.41. The highest BCUT2D eigenvalue weighted by Gasteiger charge is 2.42. The van der Waals surface area contributed by atoms with Crippen LogP contribution in [0.2, 0.25) is 5.02 Å². The first-order valence-corrected chi connectivity index (χ1v) is 18.1. The summed E-state index contributed by atoms with van der Waals surface area (Å²) in [6.07, 6.45) is 1.67. The standard InChI is InChI=1S/C38H36ClFN6O6S/c1-38(2,36(48)49)52-27-11-6-23(7-12-27)22-4-9-25(10-5-22)46-20-26-19-44(15-16-45(26)37(46)50)21-30-31(35(47)51-3)32(28-13-8-24(40)18-29(28)39)43-33(42-30)34-41-14-17-53-34/h4-14,17-18,26,32H,15-16,19-21H2,1-3H3,(H,42,43)(H,48,49)/t26-,32-/m0/s1. The molecule has 12 nitrogen and oxygen atoms in total. The molecule has 2 atom stereocenters. The van der Waals surface area contributed by atoms with E-state index in [1.165, 1.54) is 50.5 Å². The summed E-state index contributed by atoms with van der Waals surface area (Å²) in [5.41, 5.74) is 2.56. The molecule has 274 valence electrons. The van der Waals surface area contributed by atoms with Gasteiger partial charge in [-0.1, -0.05) is 41.9 Å². The molecule has 2 saturated heterocycles. The van der Waals surface area contributed by atoms with Crippen molar-refractivity contribution in [3.05, 3.63) is 111 Å². The molecule has 4 aromatic rings. The molecule has 0 bridgehead atoms. The fraction of sp³-hybridized carbons (Fsp3) is 0.289. The molecule has 7 rings (SSSR count). The molecule has 53 heavy (non-hydrogen) atoms. The number of aliphatic carboxylic acids is 1. The molecule has 2 amide bonds. The number of aromatic nitrogens is 1. The monoisotopic (exact) mass is 758 g/mol. The van der Waals surface area contributed by atoms with Crippen molar-refractivity contribution in [2.45, 2.75) is 31.5 Å². The summed E-state index contributed by atoms with van der Waals surface area (Å²) in [5.74, 6) is -1.23. The number of carboxylic acid groups (broad SMARTS) is 1. The van der Waals surface area contributed by atoms with Crippen LogP contribution in [0.5, 0.6) is 5.75 Å².